The summed E-state index contributed by atoms with van der Waals surface area (Å²) in [6.45, 7) is 2.59. The molecule has 0 N–H and O–H groups in total. The van der Waals surface area contributed by atoms with Crippen molar-refractivity contribution in [2.24, 2.45) is 0 Å². The normalized spacial score (nSPS) is 15.0. The summed E-state index contributed by atoms with van der Waals surface area (Å²) in [5.41, 5.74) is 4.29. The monoisotopic (exact) mass is 445 g/mol. The molecule has 0 aliphatic carbocycles. The van der Waals surface area contributed by atoms with E-state index in [-0.39, 0.29) is 5.91 Å². The van der Waals surface area contributed by atoms with Crippen LogP contribution in [-0.4, -0.2) is 12.5 Å². The van der Waals surface area contributed by atoms with Gasteiger partial charge in [-0.15, -0.1) is 0 Å². The molecule has 1 aliphatic heterocycles. The van der Waals surface area contributed by atoms with E-state index < -0.39 is 0 Å². The van der Waals surface area contributed by atoms with Crippen molar-refractivity contribution >= 4 is 39.3 Å². The molecule has 0 bridgehead atoms. The van der Waals surface area contributed by atoms with Gasteiger partial charge in [0.15, 0.2) is 0 Å². The average molecular weight is 446 g/mol. The molecule has 3 nitrogen and oxygen atoms in total. The average Bonchev–Trinajstić information content (AvgIpc) is 3.06. The van der Waals surface area contributed by atoms with Crippen LogP contribution in [-0.2, 0) is 4.79 Å². The SMILES string of the molecule is CCOc1ccc(/C=C2\C=C(c3ccccc3)N(c3cccc(Br)c3)C2=O)cc1. The van der Waals surface area contributed by atoms with E-state index in [1.165, 1.54) is 0 Å². The summed E-state index contributed by atoms with van der Waals surface area (Å²) < 4.78 is 6.43. The molecular formula is C25H20BrNO2. The molecule has 0 saturated heterocycles. The van der Waals surface area contributed by atoms with Gasteiger partial charge in [-0.05, 0) is 60.5 Å². The third-order valence-corrected chi connectivity index (χ3v) is 5.13. The Morgan fingerprint density at radius 1 is 0.966 bits per heavy atom. The first-order valence-electron chi connectivity index (χ1n) is 9.47. The number of amides is 1. The number of carbonyl (C=O) groups is 1. The first-order chi connectivity index (χ1) is 14.2. The van der Waals surface area contributed by atoms with E-state index in [4.69, 9.17) is 4.74 Å². The van der Waals surface area contributed by atoms with Crippen LogP contribution in [0, 0.1) is 0 Å². The second-order valence-electron chi connectivity index (χ2n) is 6.62. The molecule has 3 aromatic rings. The summed E-state index contributed by atoms with van der Waals surface area (Å²) in [7, 11) is 0. The Hall–Kier alpha value is -3.11. The largest absolute Gasteiger partial charge is 0.494 e. The first kappa shape index (κ1) is 19.2. The fourth-order valence-corrected chi connectivity index (χ4v) is 3.70. The number of halogens is 1. The maximum absolute atomic E-state index is 13.3. The van der Waals surface area contributed by atoms with Crippen LogP contribution < -0.4 is 9.64 Å². The van der Waals surface area contributed by atoms with Gasteiger partial charge in [-0.2, -0.15) is 0 Å². The van der Waals surface area contributed by atoms with Gasteiger partial charge < -0.3 is 4.74 Å². The van der Waals surface area contributed by atoms with Crippen LogP contribution in [0.25, 0.3) is 11.8 Å². The highest BCUT2D eigenvalue weighted by Gasteiger charge is 2.30. The Labute approximate surface area is 179 Å². The molecule has 0 unspecified atom stereocenters. The molecule has 1 amide bonds. The molecule has 4 heteroatoms. The van der Waals surface area contributed by atoms with Crippen LogP contribution in [0.1, 0.15) is 18.1 Å². The lowest BCUT2D eigenvalue weighted by molar-refractivity contribution is -0.113. The van der Waals surface area contributed by atoms with Crippen LogP contribution >= 0.6 is 15.9 Å². The highest BCUT2D eigenvalue weighted by atomic mass is 79.9. The number of nitrogens with zero attached hydrogens (tertiary/aromatic N) is 1. The molecular weight excluding hydrogens is 426 g/mol. The van der Waals surface area contributed by atoms with Gasteiger partial charge in [0.05, 0.1) is 18.0 Å². The van der Waals surface area contributed by atoms with Crippen molar-refractivity contribution in [2.45, 2.75) is 6.92 Å². The summed E-state index contributed by atoms with van der Waals surface area (Å²) >= 11 is 3.51. The second-order valence-corrected chi connectivity index (χ2v) is 7.53. The van der Waals surface area contributed by atoms with Crippen molar-refractivity contribution in [2.75, 3.05) is 11.5 Å². The lowest BCUT2D eigenvalue weighted by Crippen LogP contribution is -2.24. The summed E-state index contributed by atoms with van der Waals surface area (Å²) in [6, 6.07) is 25.5. The molecule has 1 heterocycles. The van der Waals surface area contributed by atoms with Crippen LogP contribution in [0.3, 0.4) is 0 Å². The van der Waals surface area contributed by atoms with E-state index >= 15 is 0 Å². The molecule has 0 radical (unpaired) electrons. The third kappa shape index (κ3) is 4.17. The Morgan fingerprint density at radius 3 is 2.41 bits per heavy atom. The summed E-state index contributed by atoms with van der Waals surface area (Å²) in [6.07, 6.45) is 3.87. The zero-order valence-corrected chi connectivity index (χ0v) is 17.6. The Bertz CT molecular complexity index is 1090. The van der Waals surface area contributed by atoms with Crippen molar-refractivity contribution in [3.8, 4) is 5.75 Å². The van der Waals surface area contributed by atoms with Crippen molar-refractivity contribution in [3.63, 3.8) is 0 Å². The van der Waals surface area contributed by atoms with Gasteiger partial charge in [0.1, 0.15) is 5.75 Å². The molecule has 144 valence electrons. The number of anilines is 1. The molecule has 0 atom stereocenters. The maximum Gasteiger partial charge on any atom is 0.262 e. The zero-order valence-electron chi connectivity index (χ0n) is 16.0. The number of ether oxygens (including phenoxy) is 1. The summed E-state index contributed by atoms with van der Waals surface area (Å²) in [5, 5.41) is 0. The number of carbonyl (C=O) groups excluding carboxylic acids is 1. The lowest BCUT2D eigenvalue weighted by Gasteiger charge is -2.21. The summed E-state index contributed by atoms with van der Waals surface area (Å²) in [4.78, 5) is 15.1. The topological polar surface area (TPSA) is 29.5 Å². The minimum absolute atomic E-state index is 0.0455. The van der Waals surface area contributed by atoms with E-state index in [1.807, 2.05) is 97.9 Å². The highest BCUT2D eigenvalue weighted by molar-refractivity contribution is 9.10. The fraction of sp³-hybridized carbons (Fsp3) is 0.0800. The smallest absolute Gasteiger partial charge is 0.262 e. The Kier molecular flexibility index (Phi) is 5.63. The van der Waals surface area contributed by atoms with Gasteiger partial charge in [0.25, 0.3) is 5.91 Å². The van der Waals surface area contributed by atoms with E-state index in [2.05, 4.69) is 15.9 Å². The Balaban J connectivity index is 1.75. The number of hydrogen-bond acceptors (Lipinski definition) is 2. The molecule has 29 heavy (non-hydrogen) atoms. The molecule has 0 saturated carbocycles. The van der Waals surface area contributed by atoms with Gasteiger partial charge in [0, 0.05) is 10.0 Å². The van der Waals surface area contributed by atoms with Gasteiger partial charge >= 0.3 is 0 Å². The fourth-order valence-electron chi connectivity index (χ4n) is 3.31. The van der Waals surface area contributed by atoms with Gasteiger partial charge in [-0.3, -0.25) is 9.69 Å². The quantitative estimate of drug-likeness (QED) is 0.430. The maximum atomic E-state index is 13.3. The van der Waals surface area contributed by atoms with Crippen LogP contribution in [0.2, 0.25) is 0 Å². The van der Waals surface area contributed by atoms with E-state index in [0.717, 1.165) is 32.7 Å². The first-order valence-corrected chi connectivity index (χ1v) is 10.3. The molecule has 3 aromatic carbocycles. The molecule has 0 aromatic heterocycles. The minimum Gasteiger partial charge on any atom is -0.494 e. The second kappa shape index (κ2) is 8.50. The van der Waals surface area contributed by atoms with Crippen molar-refractivity contribution in [1.82, 2.24) is 0 Å². The van der Waals surface area contributed by atoms with E-state index in [1.54, 1.807) is 4.90 Å². The van der Waals surface area contributed by atoms with Crippen molar-refractivity contribution in [1.29, 1.82) is 0 Å². The number of benzene rings is 3. The predicted octanol–water partition coefficient (Wildman–Crippen LogP) is 6.32. The highest BCUT2D eigenvalue weighted by Crippen LogP contribution is 2.36. The third-order valence-electron chi connectivity index (χ3n) is 4.63. The number of hydrogen-bond donors (Lipinski definition) is 0. The molecule has 4 rings (SSSR count). The van der Waals surface area contributed by atoms with E-state index in [9.17, 15) is 4.79 Å². The van der Waals surface area contributed by atoms with Gasteiger partial charge in [0.2, 0.25) is 0 Å². The summed E-state index contributed by atoms with van der Waals surface area (Å²) in [5.74, 6) is 0.777. The van der Waals surface area contributed by atoms with E-state index in [0.29, 0.717) is 12.2 Å². The standard InChI is InChI=1S/C25H20BrNO2/c1-2-29-23-13-11-18(12-14-23)15-20-16-24(19-7-4-3-5-8-19)27(25(20)28)22-10-6-9-21(26)17-22/h3-17H,2H2,1H3/b20-15+. The van der Waals surface area contributed by atoms with Crippen LogP contribution in [0.5, 0.6) is 5.75 Å². The Morgan fingerprint density at radius 2 is 1.72 bits per heavy atom. The van der Waals surface area contributed by atoms with Crippen LogP contribution in [0.4, 0.5) is 5.69 Å². The molecule has 1 aliphatic rings. The number of rotatable bonds is 5. The van der Waals surface area contributed by atoms with Gasteiger partial charge in [-0.1, -0.05) is 64.5 Å². The lowest BCUT2D eigenvalue weighted by atomic mass is 10.1. The van der Waals surface area contributed by atoms with Crippen molar-refractivity contribution < 1.29 is 9.53 Å². The van der Waals surface area contributed by atoms with Crippen LogP contribution in [0.15, 0.2) is 95.0 Å². The molecule has 0 spiro atoms. The predicted molar refractivity (Wildman–Crippen MR) is 122 cm³/mol. The van der Waals surface area contributed by atoms with Crippen molar-refractivity contribution in [3.05, 3.63) is 106 Å². The van der Waals surface area contributed by atoms with Gasteiger partial charge in [-0.25, -0.2) is 0 Å². The zero-order chi connectivity index (χ0) is 20.2. The minimum atomic E-state index is -0.0455. The molecule has 0 fully saturated rings.